The molecule has 7 nitrogen and oxygen atoms in total. The molecule has 0 N–H and O–H groups in total. The molecule has 0 saturated heterocycles. The van der Waals surface area contributed by atoms with Gasteiger partial charge in [0.15, 0.2) is 16.9 Å². The molecule has 0 saturated carbocycles. The van der Waals surface area contributed by atoms with Crippen molar-refractivity contribution in [2.75, 3.05) is 27.4 Å². The lowest BCUT2D eigenvalue weighted by atomic mass is 9.97. The number of ether oxygens (including phenoxy) is 3. The summed E-state index contributed by atoms with van der Waals surface area (Å²) < 4.78 is 22.6. The lowest BCUT2D eigenvalue weighted by Crippen LogP contribution is -2.31. The highest BCUT2D eigenvalue weighted by molar-refractivity contribution is 5.99. The molecule has 196 valence electrons. The van der Waals surface area contributed by atoms with Crippen molar-refractivity contribution in [3.63, 3.8) is 0 Å². The van der Waals surface area contributed by atoms with Gasteiger partial charge in [-0.1, -0.05) is 24.3 Å². The zero-order valence-corrected chi connectivity index (χ0v) is 22.3. The van der Waals surface area contributed by atoms with Gasteiger partial charge < -0.3 is 23.5 Å². The van der Waals surface area contributed by atoms with Gasteiger partial charge in [0, 0.05) is 6.54 Å². The number of fused-ring (bicyclic) bond motifs is 2. The zero-order valence-electron chi connectivity index (χ0n) is 22.3. The first kappa shape index (κ1) is 25.4. The Morgan fingerprint density at radius 1 is 0.921 bits per heavy atom. The third-order valence-electron chi connectivity index (χ3n) is 6.99. The summed E-state index contributed by atoms with van der Waals surface area (Å²) in [5, 5.41) is 0.492. The number of nitrogens with zero attached hydrogens (tertiary/aromatic N) is 1. The summed E-state index contributed by atoms with van der Waals surface area (Å²) in [4.78, 5) is 29.4. The fraction of sp³-hybridized carbons (Fsp3) is 0.290. The van der Waals surface area contributed by atoms with E-state index in [1.807, 2.05) is 75.4 Å². The molecule has 3 aromatic carbocycles. The summed E-state index contributed by atoms with van der Waals surface area (Å²) >= 11 is 0. The number of aryl methyl sites for hydroxylation is 2. The monoisotopic (exact) mass is 513 g/mol. The maximum absolute atomic E-state index is 13.9. The Morgan fingerprint density at radius 3 is 2.34 bits per heavy atom. The molecule has 0 radical (unpaired) electrons. The van der Waals surface area contributed by atoms with Crippen LogP contribution in [0.25, 0.3) is 11.0 Å². The average molecular weight is 514 g/mol. The summed E-state index contributed by atoms with van der Waals surface area (Å²) in [6.07, 6.45) is 0.555. The molecular weight excluding hydrogens is 482 g/mol. The molecule has 1 atom stereocenters. The third-order valence-corrected chi connectivity index (χ3v) is 6.99. The van der Waals surface area contributed by atoms with Crippen LogP contribution in [0.4, 0.5) is 0 Å². The second kappa shape index (κ2) is 10.2. The second-order valence-electron chi connectivity index (χ2n) is 9.47. The summed E-state index contributed by atoms with van der Waals surface area (Å²) in [6, 6.07) is 16.5. The Hall–Kier alpha value is -4.26. The maximum atomic E-state index is 13.9. The zero-order chi connectivity index (χ0) is 27.0. The van der Waals surface area contributed by atoms with E-state index in [4.69, 9.17) is 18.6 Å². The van der Waals surface area contributed by atoms with Crippen molar-refractivity contribution in [1.29, 1.82) is 0 Å². The predicted octanol–water partition coefficient (Wildman–Crippen LogP) is 5.61. The lowest BCUT2D eigenvalue weighted by molar-refractivity contribution is 0.0730. The van der Waals surface area contributed by atoms with Gasteiger partial charge >= 0.3 is 0 Å². The number of carbonyl (C=O) groups excluding carboxylic acids is 1. The van der Waals surface area contributed by atoms with E-state index in [-0.39, 0.29) is 17.1 Å². The van der Waals surface area contributed by atoms with Gasteiger partial charge in [-0.2, -0.15) is 0 Å². The van der Waals surface area contributed by atoms with Gasteiger partial charge in [0.25, 0.3) is 5.91 Å². The normalized spacial score (nSPS) is 14.6. The van der Waals surface area contributed by atoms with Gasteiger partial charge in [-0.15, -0.1) is 0 Å². The molecule has 1 aromatic heterocycles. The Kier molecular flexibility index (Phi) is 6.85. The highest BCUT2D eigenvalue weighted by Gasteiger charge is 2.42. The molecule has 0 fully saturated rings. The smallest absolute Gasteiger partial charge is 0.290 e. The topological polar surface area (TPSA) is 78.2 Å². The van der Waals surface area contributed by atoms with E-state index in [1.54, 1.807) is 19.1 Å². The predicted molar refractivity (Wildman–Crippen MR) is 146 cm³/mol. The van der Waals surface area contributed by atoms with Crippen molar-refractivity contribution in [2.45, 2.75) is 33.2 Å². The van der Waals surface area contributed by atoms with E-state index >= 15 is 0 Å². The first-order chi connectivity index (χ1) is 18.4. The van der Waals surface area contributed by atoms with Gasteiger partial charge in [-0.05, 0) is 79.8 Å². The van der Waals surface area contributed by atoms with Gasteiger partial charge in [-0.3, -0.25) is 9.59 Å². The van der Waals surface area contributed by atoms with Gasteiger partial charge in [-0.25, -0.2) is 0 Å². The molecule has 7 heteroatoms. The minimum absolute atomic E-state index is 0.112. The molecule has 4 aromatic rings. The minimum Gasteiger partial charge on any atom is -0.494 e. The van der Waals surface area contributed by atoms with Crippen molar-refractivity contribution < 1.29 is 23.4 Å². The van der Waals surface area contributed by atoms with Crippen LogP contribution in [0.3, 0.4) is 0 Å². The number of rotatable bonds is 8. The van der Waals surface area contributed by atoms with E-state index in [1.165, 1.54) is 0 Å². The summed E-state index contributed by atoms with van der Waals surface area (Å²) in [6.45, 7) is 6.70. The molecule has 5 rings (SSSR count). The standard InChI is InChI=1S/C31H31NO6/c1-6-37-22-10-8-21(9-11-22)27-26-28(33)23-16-18(2)15-19(3)29(23)38-30(26)31(34)32(27)14-13-20-7-12-24(35-4)25(17-20)36-5/h7-12,15-17,27H,6,13-14H2,1-5H3/t27-/m0/s1. The van der Waals surface area contributed by atoms with Crippen LogP contribution in [0.15, 0.2) is 63.8 Å². The molecule has 0 spiro atoms. The molecule has 0 unspecified atom stereocenters. The minimum atomic E-state index is -0.574. The van der Waals surface area contributed by atoms with E-state index in [0.29, 0.717) is 47.6 Å². The van der Waals surface area contributed by atoms with Crippen LogP contribution in [-0.2, 0) is 6.42 Å². The Balaban J connectivity index is 1.60. The Bertz CT molecular complexity index is 1570. The van der Waals surface area contributed by atoms with Crippen molar-refractivity contribution in [1.82, 2.24) is 4.90 Å². The van der Waals surface area contributed by atoms with Crippen LogP contribution in [0.2, 0.25) is 0 Å². The fourth-order valence-electron chi connectivity index (χ4n) is 5.25. The Labute approximate surface area is 221 Å². The molecule has 0 aliphatic carbocycles. The van der Waals surface area contributed by atoms with E-state index in [9.17, 15) is 9.59 Å². The molecule has 1 amide bonds. The number of carbonyl (C=O) groups is 1. The van der Waals surface area contributed by atoms with E-state index < -0.39 is 6.04 Å². The number of hydrogen-bond acceptors (Lipinski definition) is 6. The van der Waals surface area contributed by atoms with Crippen LogP contribution >= 0.6 is 0 Å². The second-order valence-corrected chi connectivity index (χ2v) is 9.47. The quantitative estimate of drug-likeness (QED) is 0.305. The van der Waals surface area contributed by atoms with E-state index in [0.717, 1.165) is 28.0 Å². The van der Waals surface area contributed by atoms with Crippen LogP contribution in [0, 0.1) is 13.8 Å². The van der Waals surface area contributed by atoms with Crippen LogP contribution < -0.4 is 19.6 Å². The number of methoxy groups -OCH3 is 2. The fourth-order valence-corrected chi connectivity index (χ4v) is 5.25. The summed E-state index contributed by atoms with van der Waals surface area (Å²) in [7, 11) is 3.19. The van der Waals surface area contributed by atoms with Crippen molar-refractivity contribution in [3.05, 3.63) is 98.4 Å². The van der Waals surface area contributed by atoms with Crippen molar-refractivity contribution in [3.8, 4) is 17.2 Å². The maximum Gasteiger partial charge on any atom is 0.290 e. The van der Waals surface area contributed by atoms with Crippen molar-refractivity contribution in [2.24, 2.45) is 0 Å². The molecule has 38 heavy (non-hydrogen) atoms. The largest absolute Gasteiger partial charge is 0.494 e. The van der Waals surface area contributed by atoms with Crippen LogP contribution in [-0.4, -0.2) is 38.2 Å². The lowest BCUT2D eigenvalue weighted by Gasteiger charge is -2.25. The van der Waals surface area contributed by atoms with Crippen LogP contribution in [0.1, 0.15) is 51.3 Å². The molecule has 2 heterocycles. The van der Waals surface area contributed by atoms with E-state index in [2.05, 4.69) is 0 Å². The van der Waals surface area contributed by atoms with Gasteiger partial charge in [0.2, 0.25) is 5.76 Å². The highest BCUT2D eigenvalue weighted by atomic mass is 16.5. The average Bonchev–Trinajstić information content (AvgIpc) is 3.20. The van der Waals surface area contributed by atoms with Crippen molar-refractivity contribution >= 4 is 16.9 Å². The number of amides is 1. The highest BCUT2D eigenvalue weighted by Crippen LogP contribution is 2.39. The molecule has 1 aliphatic heterocycles. The molecular formula is C31H31NO6. The Morgan fingerprint density at radius 2 is 1.66 bits per heavy atom. The third kappa shape index (κ3) is 4.38. The van der Waals surface area contributed by atoms with Crippen LogP contribution in [0.5, 0.6) is 17.2 Å². The molecule has 0 bridgehead atoms. The number of hydrogen-bond donors (Lipinski definition) is 0. The SMILES string of the molecule is CCOc1ccc([C@H]2c3c(oc4c(C)cc(C)cc4c3=O)C(=O)N2CCc2ccc(OC)c(OC)c2)cc1. The van der Waals surface area contributed by atoms with Gasteiger partial charge in [0.1, 0.15) is 11.3 Å². The summed E-state index contributed by atoms with van der Waals surface area (Å²) in [5.41, 5.74) is 4.26. The first-order valence-electron chi connectivity index (χ1n) is 12.7. The summed E-state index contributed by atoms with van der Waals surface area (Å²) in [5.74, 6) is 1.81. The van der Waals surface area contributed by atoms with Gasteiger partial charge in [0.05, 0.1) is 37.8 Å². The first-order valence-corrected chi connectivity index (χ1v) is 12.7. The molecule has 1 aliphatic rings. The number of benzene rings is 3.